The van der Waals surface area contributed by atoms with Crippen molar-refractivity contribution in [1.82, 2.24) is 15.5 Å². The minimum absolute atomic E-state index is 0.151. The van der Waals surface area contributed by atoms with Gasteiger partial charge >= 0.3 is 5.97 Å². The van der Waals surface area contributed by atoms with Crippen molar-refractivity contribution in [3.63, 3.8) is 0 Å². The van der Waals surface area contributed by atoms with Crippen LogP contribution in [0.5, 0.6) is 0 Å². The van der Waals surface area contributed by atoms with Gasteiger partial charge in [0, 0.05) is 6.54 Å². The normalized spacial score (nSPS) is 19.4. The van der Waals surface area contributed by atoms with Crippen LogP contribution in [0.1, 0.15) is 58.8 Å². The summed E-state index contributed by atoms with van der Waals surface area (Å²) in [6.45, 7) is 4.63. The van der Waals surface area contributed by atoms with Crippen molar-refractivity contribution < 1.29 is 24.3 Å². The van der Waals surface area contributed by atoms with Gasteiger partial charge in [-0.2, -0.15) is 11.8 Å². The highest BCUT2D eigenvalue weighted by molar-refractivity contribution is 7.98. The van der Waals surface area contributed by atoms with E-state index in [1.54, 1.807) is 11.8 Å². The van der Waals surface area contributed by atoms with Crippen LogP contribution in [0.2, 0.25) is 0 Å². The van der Waals surface area contributed by atoms with E-state index in [1.165, 1.54) is 4.90 Å². The van der Waals surface area contributed by atoms with Crippen molar-refractivity contribution in [3.05, 3.63) is 0 Å². The van der Waals surface area contributed by atoms with Crippen molar-refractivity contribution >= 4 is 35.5 Å². The maximum Gasteiger partial charge on any atom is 0.326 e. The van der Waals surface area contributed by atoms with Gasteiger partial charge in [-0.1, -0.05) is 20.3 Å². The van der Waals surface area contributed by atoms with Crippen molar-refractivity contribution in [2.75, 3.05) is 25.1 Å². The first-order chi connectivity index (χ1) is 15.7. The molecule has 7 N–H and O–H groups in total. The number of thioether (sulfide) groups is 1. The molecule has 190 valence electrons. The molecule has 1 saturated heterocycles. The van der Waals surface area contributed by atoms with Crippen molar-refractivity contribution in [2.24, 2.45) is 17.4 Å². The molecule has 10 nitrogen and oxygen atoms in total. The van der Waals surface area contributed by atoms with Gasteiger partial charge in [-0.05, 0) is 63.0 Å². The molecule has 0 saturated carbocycles. The Kier molecular flexibility index (Phi) is 13.4. The Labute approximate surface area is 200 Å². The number of hydrogen-bond acceptors (Lipinski definition) is 7. The van der Waals surface area contributed by atoms with Gasteiger partial charge in [0.15, 0.2) is 0 Å². The van der Waals surface area contributed by atoms with Crippen LogP contribution in [-0.2, 0) is 19.2 Å². The Morgan fingerprint density at radius 1 is 1.18 bits per heavy atom. The molecule has 0 spiro atoms. The van der Waals surface area contributed by atoms with E-state index < -0.39 is 36.0 Å². The summed E-state index contributed by atoms with van der Waals surface area (Å²) in [4.78, 5) is 52.0. The monoisotopic (exact) mass is 487 g/mol. The summed E-state index contributed by atoms with van der Waals surface area (Å²) in [5.74, 6) is -1.72. The Morgan fingerprint density at radius 3 is 2.45 bits per heavy atom. The summed E-state index contributed by atoms with van der Waals surface area (Å²) < 4.78 is 0. The second-order valence-corrected chi connectivity index (χ2v) is 9.62. The summed E-state index contributed by atoms with van der Waals surface area (Å²) in [5, 5.41) is 14.8. The molecule has 0 aromatic rings. The number of likely N-dealkylation sites (tertiary alicyclic amines) is 1. The lowest BCUT2D eigenvalue weighted by Gasteiger charge is -2.32. The Hall–Kier alpha value is -1.85. The third-order valence-corrected chi connectivity index (χ3v) is 6.79. The molecule has 33 heavy (non-hydrogen) atoms. The standard InChI is InChI=1S/C22H41N5O5S/c1-4-14(2)18(26-19(28)15(24)10-13-33-3)21(30)27-12-7-9-17(27)20(29)25-16(22(31)32)8-5-6-11-23/h14-18H,4-13,23-24H2,1-3H3,(H,25,29)(H,26,28)(H,31,32). The number of carbonyl (C=O) groups is 4. The molecule has 1 rings (SSSR count). The molecule has 0 aliphatic carbocycles. The molecule has 0 bridgehead atoms. The molecule has 5 atom stereocenters. The number of nitrogens with one attached hydrogen (secondary N) is 2. The molecule has 0 aromatic carbocycles. The fourth-order valence-corrected chi connectivity index (χ4v) is 4.31. The number of carbonyl (C=O) groups excluding carboxylic acids is 3. The molecule has 5 unspecified atom stereocenters. The molecular formula is C22H41N5O5S. The van der Waals surface area contributed by atoms with E-state index in [4.69, 9.17) is 11.5 Å². The number of aliphatic carboxylic acids is 1. The van der Waals surface area contributed by atoms with Crippen LogP contribution < -0.4 is 22.1 Å². The number of carboxylic acid groups (broad SMARTS) is 1. The minimum Gasteiger partial charge on any atom is -0.480 e. The SMILES string of the molecule is CCC(C)C(NC(=O)C(N)CCSC)C(=O)N1CCCC1C(=O)NC(CCCCN)C(=O)O. The molecule has 0 radical (unpaired) electrons. The zero-order valence-electron chi connectivity index (χ0n) is 20.0. The second kappa shape index (κ2) is 15.1. The van der Waals surface area contributed by atoms with Crippen LogP contribution >= 0.6 is 11.8 Å². The number of carboxylic acids is 1. The van der Waals surface area contributed by atoms with Crippen LogP contribution in [0.15, 0.2) is 0 Å². The first kappa shape index (κ1) is 29.2. The average Bonchev–Trinajstić information content (AvgIpc) is 3.29. The molecular weight excluding hydrogens is 446 g/mol. The number of nitrogens with two attached hydrogens (primary N) is 2. The van der Waals surface area contributed by atoms with Gasteiger partial charge < -0.3 is 32.1 Å². The van der Waals surface area contributed by atoms with E-state index in [9.17, 15) is 24.3 Å². The topological polar surface area (TPSA) is 168 Å². The van der Waals surface area contributed by atoms with E-state index in [1.807, 2.05) is 20.1 Å². The Morgan fingerprint density at radius 2 is 1.88 bits per heavy atom. The van der Waals surface area contributed by atoms with Crippen molar-refractivity contribution in [2.45, 2.75) is 83.0 Å². The van der Waals surface area contributed by atoms with Gasteiger partial charge in [0.1, 0.15) is 18.1 Å². The molecule has 1 aliphatic heterocycles. The lowest BCUT2D eigenvalue weighted by Crippen LogP contribution is -2.58. The fraction of sp³-hybridized carbons (Fsp3) is 0.818. The van der Waals surface area contributed by atoms with E-state index >= 15 is 0 Å². The number of unbranched alkanes of at least 4 members (excludes halogenated alkanes) is 1. The summed E-state index contributed by atoms with van der Waals surface area (Å²) in [5.41, 5.74) is 11.4. The summed E-state index contributed by atoms with van der Waals surface area (Å²) in [7, 11) is 0. The van der Waals surface area contributed by atoms with Crippen molar-refractivity contribution in [1.29, 1.82) is 0 Å². The third-order valence-electron chi connectivity index (χ3n) is 6.15. The molecule has 1 heterocycles. The van der Waals surface area contributed by atoms with Gasteiger partial charge in [-0.25, -0.2) is 4.79 Å². The van der Waals surface area contributed by atoms with Crippen LogP contribution in [0.3, 0.4) is 0 Å². The molecule has 1 fully saturated rings. The van der Waals surface area contributed by atoms with Crippen LogP contribution in [0, 0.1) is 5.92 Å². The molecule has 0 aromatic heterocycles. The van der Waals surface area contributed by atoms with Crippen LogP contribution in [0.4, 0.5) is 0 Å². The van der Waals surface area contributed by atoms with Gasteiger partial charge in [0.25, 0.3) is 0 Å². The van der Waals surface area contributed by atoms with Gasteiger partial charge in [-0.3, -0.25) is 14.4 Å². The summed E-state index contributed by atoms with van der Waals surface area (Å²) >= 11 is 1.59. The largest absolute Gasteiger partial charge is 0.480 e. The van der Waals surface area contributed by atoms with E-state index in [0.29, 0.717) is 51.6 Å². The Balaban J connectivity index is 2.90. The zero-order valence-corrected chi connectivity index (χ0v) is 20.9. The van der Waals surface area contributed by atoms with E-state index in [-0.39, 0.29) is 24.2 Å². The minimum atomic E-state index is -1.11. The van der Waals surface area contributed by atoms with Gasteiger partial charge in [0.05, 0.1) is 6.04 Å². The maximum atomic E-state index is 13.4. The number of hydrogen-bond donors (Lipinski definition) is 5. The second-order valence-electron chi connectivity index (χ2n) is 8.63. The summed E-state index contributed by atoms with van der Waals surface area (Å²) in [6.07, 6.45) is 5.70. The third kappa shape index (κ3) is 9.13. The highest BCUT2D eigenvalue weighted by Crippen LogP contribution is 2.22. The molecule has 11 heteroatoms. The number of rotatable bonds is 15. The van der Waals surface area contributed by atoms with Crippen LogP contribution in [0.25, 0.3) is 0 Å². The Bertz CT molecular complexity index is 665. The predicted molar refractivity (Wildman–Crippen MR) is 130 cm³/mol. The highest BCUT2D eigenvalue weighted by atomic mass is 32.2. The zero-order chi connectivity index (χ0) is 25.0. The summed E-state index contributed by atoms with van der Waals surface area (Å²) in [6, 6.07) is -3.29. The number of amides is 3. The fourth-order valence-electron chi connectivity index (χ4n) is 3.82. The van der Waals surface area contributed by atoms with Gasteiger partial charge in [0.2, 0.25) is 17.7 Å². The van der Waals surface area contributed by atoms with E-state index in [2.05, 4.69) is 10.6 Å². The first-order valence-electron chi connectivity index (χ1n) is 11.8. The van der Waals surface area contributed by atoms with Crippen LogP contribution in [-0.4, -0.2) is 83.0 Å². The quantitative estimate of drug-likeness (QED) is 0.205. The highest BCUT2D eigenvalue weighted by Gasteiger charge is 2.40. The van der Waals surface area contributed by atoms with Crippen molar-refractivity contribution in [3.8, 4) is 0 Å². The van der Waals surface area contributed by atoms with E-state index in [0.717, 1.165) is 5.75 Å². The lowest BCUT2D eigenvalue weighted by atomic mass is 9.96. The predicted octanol–water partition coefficient (Wildman–Crippen LogP) is 0.287. The average molecular weight is 488 g/mol. The molecule has 3 amide bonds. The maximum absolute atomic E-state index is 13.4. The first-order valence-corrected chi connectivity index (χ1v) is 13.2. The lowest BCUT2D eigenvalue weighted by molar-refractivity contribution is -0.145. The molecule has 1 aliphatic rings. The number of nitrogens with zero attached hydrogens (tertiary/aromatic N) is 1. The van der Waals surface area contributed by atoms with Gasteiger partial charge in [-0.15, -0.1) is 0 Å². The smallest absolute Gasteiger partial charge is 0.326 e.